The molecule has 26 heavy (non-hydrogen) atoms. The smallest absolute Gasteiger partial charge is 0.348 e. The fourth-order valence-corrected chi connectivity index (χ4v) is 5.14. The molecule has 2 aliphatic rings. The molecule has 2 heterocycles. The van der Waals surface area contributed by atoms with E-state index in [0.29, 0.717) is 22.4 Å². The van der Waals surface area contributed by atoms with Gasteiger partial charge in [-0.05, 0) is 69.6 Å². The van der Waals surface area contributed by atoms with Crippen LogP contribution in [0.1, 0.15) is 74.1 Å². The van der Waals surface area contributed by atoms with Crippen LogP contribution in [0.25, 0.3) is 0 Å². The topological polar surface area (TPSA) is 48.3 Å². The van der Waals surface area contributed by atoms with Crippen LogP contribution in [-0.2, 0) is 17.6 Å². The minimum Gasteiger partial charge on any atom is -0.453 e. The van der Waals surface area contributed by atoms with E-state index in [9.17, 15) is 9.59 Å². The number of Topliss-reactive ketones (excluding diaryl/α,β-unsaturated/α-hetero) is 1. The van der Waals surface area contributed by atoms with Crippen LogP contribution in [0.5, 0.6) is 0 Å². The average molecular weight is 372 g/mol. The van der Waals surface area contributed by atoms with Crippen molar-refractivity contribution >= 4 is 23.1 Å². The normalized spacial score (nSPS) is 19.3. The third kappa shape index (κ3) is 3.25. The lowest BCUT2D eigenvalue weighted by atomic mass is 9.90. The fourth-order valence-electron chi connectivity index (χ4n) is 4.04. The van der Waals surface area contributed by atoms with Gasteiger partial charge in [-0.3, -0.25) is 4.79 Å². The number of ether oxygens (including phenoxy) is 1. The molecular weight excluding hydrogens is 346 g/mol. The van der Waals surface area contributed by atoms with E-state index < -0.39 is 0 Å². The first kappa shape index (κ1) is 17.5. The van der Waals surface area contributed by atoms with Gasteiger partial charge in [0.2, 0.25) is 5.78 Å². The summed E-state index contributed by atoms with van der Waals surface area (Å²) in [5.74, 6) is 0.180. The van der Waals surface area contributed by atoms with Crippen molar-refractivity contribution in [2.24, 2.45) is 5.92 Å². The number of carbonyl (C=O) groups excluding carboxylic acids is 2. The van der Waals surface area contributed by atoms with Gasteiger partial charge in [0, 0.05) is 27.9 Å². The van der Waals surface area contributed by atoms with Crippen LogP contribution < -0.4 is 0 Å². The maximum atomic E-state index is 12.6. The van der Waals surface area contributed by atoms with Crippen LogP contribution in [0.15, 0.2) is 12.1 Å². The van der Waals surface area contributed by atoms with E-state index in [4.69, 9.17) is 4.74 Å². The Bertz CT molecular complexity index is 872. The summed E-state index contributed by atoms with van der Waals surface area (Å²) in [6.45, 7) is 6.07. The van der Waals surface area contributed by atoms with Gasteiger partial charge in [-0.25, -0.2) is 4.79 Å². The average Bonchev–Trinajstić information content (AvgIpc) is 3.27. The Morgan fingerprint density at radius 1 is 1.23 bits per heavy atom. The van der Waals surface area contributed by atoms with Crippen molar-refractivity contribution in [3.63, 3.8) is 0 Å². The zero-order chi connectivity index (χ0) is 18.4. The second-order valence-corrected chi connectivity index (χ2v) is 8.93. The predicted octanol–water partition coefficient (Wildman–Crippen LogP) is 4.67. The highest BCUT2D eigenvalue weighted by Gasteiger charge is 2.28. The van der Waals surface area contributed by atoms with E-state index in [2.05, 4.69) is 11.5 Å². The van der Waals surface area contributed by atoms with Gasteiger partial charge in [0.05, 0.1) is 0 Å². The van der Waals surface area contributed by atoms with E-state index in [0.717, 1.165) is 24.2 Å². The molecule has 2 aromatic rings. The summed E-state index contributed by atoms with van der Waals surface area (Å²) in [6, 6.07) is 4.43. The summed E-state index contributed by atoms with van der Waals surface area (Å²) in [5, 5.41) is 0. The number of ketones is 1. The Morgan fingerprint density at radius 3 is 2.73 bits per heavy atom. The Balaban J connectivity index is 1.42. The van der Waals surface area contributed by atoms with E-state index in [1.165, 1.54) is 41.0 Å². The number of hydrogen-bond donors (Lipinski definition) is 0. The van der Waals surface area contributed by atoms with Crippen LogP contribution in [0.4, 0.5) is 0 Å². The first-order valence-corrected chi connectivity index (χ1v) is 10.3. The Hall–Kier alpha value is -1.88. The fraction of sp³-hybridized carbons (Fsp3) is 0.524. The summed E-state index contributed by atoms with van der Waals surface area (Å²) in [6.07, 6.45) is 5.62. The number of hydrogen-bond acceptors (Lipinski definition) is 4. The summed E-state index contributed by atoms with van der Waals surface area (Å²) < 4.78 is 7.58. The maximum absolute atomic E-state index is 12.6. The van der Waals surface area contributed by atoms with Crippen molar-refractivity contribution < 1.29 is 14.3 Å². The number of fused-ring (bicyclic) bond motifs is 1. The molecule has 0 N–H and O–H groups in total. The highest BCUT2D eigenvalue weighted by molar-refractivity contribution is 7.14. The number of aromatic nitrogens is 1. The molecule has 138 valence electrons. The molecule has 0 aromatic carbocycles. The van der Waals surface area contributed by atoms with E-state index in [1.54, 1.807) is 0 Å². The molecular formula is C21H25NO3S. The van der Waals surface area contributed by atoms with Crippen molar-refractivity contribution in [3.05, 3.63) is 44.4 Å². The summed E-state index contributed by atoms with van der Waals surface area (Å²) in [5.41, 5.74) is 4.06. The largest absolute Gasteiger partial charge is 0.453 e. The van der Waals surface area contributed by atoms with Crippen LogP contribution in [0, 0.1) is 19.8 Å². The van der Waals surface area contributed by atoms with Crippen molar-refractivity contribution in [2.45, 2.75) is 58.9 Å². The molecule has 1 atom stereocenters. The molecule has 0 unspecified atom stereocenters. The lowest BCUT2D eigenvalue weighted by Crippen LogP contribution is -2.14. The van der Waals surface area contributed by atoms with Crippen molar-refractivity contribution in [1.82, 2.24) is 4.57 Å². The SMILES string of the molecule is Cc1cc(C(=O)COC(=O)c2cc3c(s2)CC[C@@H](C)C3)c(C)n1C1CC1. The van der Waals surface area contributed by atoms with Gasteiger partial charge in [0.1, 0.15) is 4.88 Å². The molecule has 0 aliphatic heterocycles. The molecule has 2 aliphatic carbocycles. The zero-order valence-electron chi connectivity index (χ0n) is 15.6. The van der Waals surface area contributed by atoms with Gasteiger partial charge in [0.25, 0.3) is 0 Å². The van der Waals surface area contributed by atoms with Gasteiger partial charge in [-0.1, -0.05) is 6.92 Å². The Labute approximate surface area is 158 Å². The van der Waals surface area contributed by atoms with Crippen LogP contribution >= 0.6 is 11.3 Å². The Kier molecular flexibility index (Phi) is 4.51. The summed E-state index contributed by atoms with van der Waals surface area (Å²) in [4.78, 5) is 26.9. The predicted molar refractivity (Wildman–Crippen MR) is 102 cm³/mol. The molecule has 0 spiro atoms. The Morgan fingerprint density at radius 2 is 2.00 bits per heavy atom. The molecule has 0 radical (unpaired) electrons. The molecule has 0 bridgehead atoms. The minimum absolute atomic E-state index is 0.117. The number of nitrogens with zero attached hydrogens (tertiary/aromatic N) is 1. The van der Waals surface area contributed by atoms with Crippen molar-refractivity contribution in [1.29, 1.82) is 0 Å². The summed E-state index contributed by atoms with van der Waals surface area (Å²) in [7, 11) is 0. The van der Waals surface area contributed by atoms with E-state index >= 15 is 0 Å². The molecule has 0 saturated heterocycles. The molecule has 5 heteroatoms. The zero-order valence-corrected chi connectivity index (χ0v) is 16.4. The lowest BCUT2D eigenvalue weighted by Gasteiger charge is -2.16. The quantitative estimate of drug-likeness (QED) is 0.567. The highest BCUT2D eigenvalue weighted by atomic mass is 32.1. The third-order valence-electron chi connectivity index (χ3n) is 5.56. The number of aryl methyl sites for hydroxylation is 2. The number of rotatable bonds is 5. The van der Waals surface area contributed by atoms with E-state index in [-0.39, 0.29) is 18.4 Å². The minimum atomic E-state index is -0.374. The number of thiophene rings is 1. The van der Waals surface area contributed by atoms with Crippen LogP contribution in [0.3, 0.4) is 0 Å². The first-order chi connectivity index (χ1) is 12.4. The molecule has 1 saturated carbocycles. The van der Waals surface area contributed by atoms with Gasteiger partial charge in [-0.15, -0.1) is 11.3 Å². The third-order valence-corrected chi connectivity index (χ3v) is 6.78. The van der Waals surface area contributed by atoms with Gasteiger partial charge in [0.15, 0.2) is 6.61 Å². The standard InChI is InChI=1S/C21H25NO3S/c1-12-4-7-19-15(8-12)10-20(26-19)21(24)25-11-18(23)17-9-13(2)22(14(17)3)16-5-6-16/h9-10,12,16H,4-8,11H2,1-3H3/t12-/m1/s1. The monoisotopic (exact) mass is 371 g/mol. The second-order valence-electron chi connectivity index (χ2n) is 7.79. The van der Waals surface area contributed by atoms with Crippen LogP contribution in [0.2, 0.25) is 0 Å². The van der Waals surface area contributed by atoms with Gasteiger partial charge >= 0.3 is 5.97 Å². The maximum Gasteiger partial charge on any atom is 0.348 e. The van der Waals surface area contributed by atoms with Gasteiger partial charge in [-0.2, -0.15) is 0 Å². The molecule has 4 nitrogen and oxygen atoms in total. The van der Waals surface area contributed by atoms with Gasteiger partial charge < -0.3 is 9.30 Å². The molecule has 2 aromatic heterocycles. The summed E-state index contributed by atoms with van der Waals surface area (Å²) >= 11 is 1.52. The van der Waals surface area contributed by atoms with Crippen molar-refractivity contribution in [2.75, 3.05) is 6.61 Å². The van der Waals surface area contributed by atoms with Crippen LogP contribution in [-0.4, -0.2) is 22.9 Å². The number of esters is 1. The first-order valence-electron chi connectivity index (χ1n) is 9.44. The molecule has 1 fully saturated rings. The van der Waals surface area contributed by atoms with Crippen molar-refractivity contribution in [3.8, 4) is 0 Å². The molecule has 4 rings (SSSR count). The highest BCUT2D eigenvalue weighted by Crippen LogP contribution is 2.38. The number of carbonyl (C=O) groups is 2. The second kappa shape index (κ2) is 6.69. The molecule has 0 amide bonds. The van der Waals surface area contributed by atoms with E-state index in [1.807, 2.05) is 26.0 Å². The lowest BCUT2D eigenvalue weighted by molar-refractivity contribution is 0.0479.